The standard InChI is InChI=1S/C27H28FNO5/c1-32-23-15-20(16-24(33-2)26(23)34-17-18-7-4-3-5-8-18)25(19-10-12-21(28)13-11-19)29-14-6-9-22(29)27(30)31/h3-5,7-8,10-13,15-16,22,25H,6,9,14,17H2,1-2H3,(H,30,31). The normalized spacial score (nSPS) is 16.7. The van der Waals surface area contributed by atoms with Gasteiger partial charge in [-0.15, -0.1) is 0 Å². The van der Waals surface area contributed by atoms with Crippen molar-refractivity contribution in [2.24, 2.45) is 0 Å². The fourth-order valence-electron chi connectivity index (χ4n) is 4.51. The molecule has 1 aliphatic heterocycles. The van der Waals surface area contributed by atoms with E-state index in [1.807, 2.05) is 47.4 Å². The van der Waals surface area contributed by atoms with Crippen molar-refractivity contribution in [3.63, 3.8) is 0 Å². The molecule has 1 heterocycles. The zero-order valence-electron chi connectivity index (χ0n) is 19.2. The molecule has 0 spiro atoms. The molecular weight excluding hydrogens is 437 g/mol. The van der Waals surface area contributed by atoms with Gasteiger partial charge in [-0.25, -0.2) is 4.39 Å². The monoisotopic (exact) mass is 465 g/mol. The summed E-state index contributed by atoms with van der Waals surface area (Å²) in [5, 5.41) is 9.82. The Morgan fingerprint density at radius 1 is 1.03 bits per heavy atom. The van der Waals surface area contributed by atoms with Crippen LogP contribution in [-0.2, 0) is 11.4 Å². The molecule has 4 rings (SSSR count). The average Bonchev–Trinajstić information content (AvgIpc) is 3.34. The van der Waals surface area contributed by atoms with Gasteiger partial charge in [-0.2, -0.15) is 0 Å². The van der Waals surface area contributed by atoms with Gasteiger partial charge in [0, 0.05) is 6.54 Å². The van der Waals surface area contributed by atoms with Crippen molar-refractivity contribution in [1.29, 1.82) is 0 Å². The molecule has 1 N–H and O–H groups in total. The highest BCUT2D eigenvalue weighted by atomic mass is 19.1. The van der Waals surface area contributed by atoms with Crippen molar-refractivity contribution in [3.8, 4) is 17.2 Å². The second-order valence-corrected chi connectivity index (χ2v) is 8.22. The van der Waals surface area contributed by atoms with Gasteiger partial charge in [0.05, 0.1) is 20.3 Å². The number of carboxylic acid groups (broad SMARTS) is 1. The maximum absolute atomic E-state index is 13.7. The van der Waals surface area contributed by atoms with E-state index in [-0.39, 0.29) is 5.82 Å². The summed E-state index contributed by atoms with van der Waals surface area (Å²) in [7, 11) is 3.10. The Balaban J connectivity index is 1.76. The van der Waals surface area contributed by atoms with Crippen LogP contribution < -0.4 is 14.2 Å². The van der Waals surface area contributed by atoms with E-state index < -0.39 is 18.1 Å². The first-order chi connectivity index (χ1) is 16.5. The first-order valence-electron chi connectivity index (χ1n) is 11.2. The predicted molar refractivity (Wildman–Crippen MR) is 126 cm³/mol. The van der Waals surface area contributed by atoms with E-state index in [0.717, 1.165) is 23.1 Å². The zero-order chi connectivity index (χ0) is 24.1. The van der Waals surface area contributed by atoms with Gasteiger partial charge in [-0.05, 0) is 53.8 Å². The molecule has 34 heavy (non-hydrogen) atoms. The van der Waals surface area contributed by atoms with Crippen LogP contribution >= 0.6 is 0 Å². The molecule has 2 atom stereocenters. The molecule has 7 heteroatoms. The SMILES string of the molecule is COc1cc(C(c2ccc(F)cc2)N2CCCC2C(=O)O)cc(OC)c1OCc1ccccc1. The summed E-state index contributed by atoms with van der Waals surface area (Å²) in [6.45, 7) is 0.942. The highest BCUT2D eigenvalue weighted by molar-refractivity contribution is 5.74. The predicted octanol–water partition coefficient (Wildman–Crippen LogP) is 5.06. The van der Waals surface area contributed by atoms with Crippen LogP contribution in [0.3, 0.4) is 0 Å². The average molecular weight is 466 g/mol. The lowest BCUT2D eigenvalue weighted by molar-refractivity contribution is -0.142. The van der Waals surface area contributed by atoms with Crippen molar-refractivity contribution < 1.29 is 28.5 Å². The lowest BCUT2D eigenvalue weighted by Crippen LogP contribution is -2.39. The van der Waals surface area contributed by atoms with Crippen LogP contribution in [0.25, 0.3) is 0 Å². The Morgan fingerprint density at radius 2 is 1.68 bits per heavy atom. The van der Waals surface area contributed by atoms with E-state index in [2.05, 4.69) is 0 Å². The van der Waals surface area contributed by atoms with Gasteiger partial charge in [-0.1, -0.05) is 42.5 Å². The molecule has 1 saturated heterocycles. The van der Waals surface area contributed by atoms with E-state index >= 15 is 0 Å². The maximum atomic E-state index is 13.7. The van der Waals surface area contributed by atoms with Gasteiger partial charge in [0.1, 0.15) is 18.5 Å². The summed E-state index contributed by atoms with van der Waals surface area (Å²) >= 11 is 0. The summed E-state index contributed by atoms with van der Waals surface area (Å²) in [5.41, 5.74) is 2.57. The fourth-order valence-corrected chi connectivity index (χ4v) is 4.51. The molecule has 1 fully saturated rings. The summed E-state index contributed by atoms with van der Waals surface area (Å²) in [5.74, 6) is 0.198. The van der Waals surface area contributed by atoms with Crippen molar-refractivity contribution in [2.75, 3.05) is 20.8 Å². The number of rotatable bonds is 9. The third-order valence-corrected chi connectivity index (χ3v) is 6.12. The van der Waals surface area contributed by atoms with Crippen LogP contribution in [0, 0.1) is 5.82 Å². The molecule has 0 aromatic heterocycles. The van der Waals surface area contributed by atoms with E-state index in [1.54, 1.807) is 26.4 Å². The summed E-state index contributed by atoms with van der Waals surface area (Å²) < 4.78 is 31.1. The minimum atomic E-state index is -0.869. The molecule has 3 aromatic carbocycles. The number of halogens is 1. The van der Waals surface area contributed by atoms with E-state index in [1.165, 1.54) is 12.1 Å². The lowest BCUT2D eigenvalue weighted by atomic mass is 9.95. The Morgan fingerprint density at radius 3 is 2.26 bits per heavy atom. The van der Waals surface area contributed by atoms with Crippen LogP contribution in [0.2, 0.25) is 0 Å². The van der Waals surface area contributed by atoms with Gasteiger partial charge in [-0.3, -0.25) is 9.69 Å². The topological polar surface area (TPSA) is 68.2 Å². The van der Waals surface area contributed by atoms with Crippen LogP contribution in [0.4, 0.5) is 4.39 Å². The molecule has 0 amide bonds. The van der Waals surface area contributed by atoms with Gasteiger partial charge in [0.25, 0.3) is 0 Å². The second-order valence-electron chi connectivity index (χ2n) is 8.22. The van der Waals surface area contributed by atoms with Crippen molar-refractivity contribution >= 4 is 5.97 Å². The van der Waals surface area contributed by atoms with E-state index in [0.29, 0.717) is 36.8 Å². The number of aliphatic carboxylic acids is 1. The molecule has 1 aliphatic rings. The van der Waals surface area contributed by atoms with Gasteiger partial charge < -0.3 is 19.3 Å². The lowest BCUT2D eigenvalue weighted by Gasteiger charge is -2.32. The third-order valence-electron chi connectivity index (χ3n) is 6.12. The molecule has 0 radical (unpaired) electrons. The molecule has 0 saturated carbocycles. The number of ether oxygens (including phenoxy) is 3. The van der Waals surface area contributed by atoms with Crippen LogP contribution in [-0.4, -0.2) is 42.8 Å². The smallest absolute Gasteiger partial charge is 0.320 e. The summed E-state index contributed by atoms with van der Waals surface area (Å²) in [6.07, 6.45) is 1.32. The molecular formula is C27H28FNO5. The second kappa shape index (κ2) is 10.6. The highest BCUT2D eigenvalue weighted by Crippen LogP contribution is 2.44. The first-order valence-corrected chi connectivity index (χ1v) is 11.2. The largest absolute Gasteiger partial charge is 0.493 e. The molecule has 0 bridgehead atoms. The number of hydrogen-bond acceptors (Lipinski definition) is 5. The Kier molecular flexibility index (Phi) is 7.33. The third kappa shape index (κ3) is 4.99. The molecule has 178 valence electrons. The fraction of sp³-hybridized carbons (Fsp3) is 0.296. The summed E-state index contributed by atoms with van der Waals surface area (Å²) in [6, 6.07) is 18.5. The van der Waals surface area contributed by atoms with Gasteiger partial charge in [0.2, 0.25) is 5.75 Å². The van der Waals surface area contributed by atoms with E-state index in [9.17, 15) is 14.3 Å². The minimum absolute atomic E-state index is 0.335. The maximum Gasteiger partial charge on any atom is 0.320 e. The van der Waals surface area contributed by atoms with Crippen LogP contribution in [0.15, 0.2) is 66.7 Å². The number of carboxylic acids is 1. The number of methoxy groups -OCH3 is 2. The Bertz CT molecular complexity index is 1090. The van der Waals surface area contributed by atoms with Crippen molar-refractivity contribution in [3.05, 3.63) is 89.2 Å². The highest BCUT2D eigenvalue weighted by Gasteiger charge is 2.37. The first kappa shape index (κ1) is 23.6. The summed E-state index contributed by atoms with van der Waals surface area (Å²) in [4.78, 5) is 13.9. The van der Waals surface area contributed by atoms with Crippen molar-refractivity contribution in [2.45, 2.75) is 31.5 Å². The molecule has 0 aliphatic carbocycles. The van der Waals surface area contributed by atoms with Crippen LogP contribution in [0.1, 0.15) is 35.6 Å². The van der Waals surface area contributed by atoms with Crippen LogP contribution in [0.5, 0.6) is 17.2 Å². The zero-order valence-corrected chi connectivity index (χ0v) is 19.2. The van der Waals surface area contributed by atoms with Gasteiger partial charge >= 0.3 is 5.97 Å². The number of hydrogen-bond donors (Lipinski definition) is 1. The number of benzene rings is 3. The molecule has 6 nitrogen and oxygen atoms in total. The number of carbonyl (C=O) groups is 1. The Labute approximate surface area is 198 Å². The number of nitrogens with zero attached hydrogens (tertiary/aromatic N) is 1. The molecule has 2 unspecified atom stereocenters. The minimum Gasteiger partial charge on any atom is -0.493 e. The van der Waals surface area contributed by atoms with E-state index in [4.69, 9.17) is 14.2 Å². The molecule has 3 aromatic rings. The quantitative estimate of drug-likeness (QED) is 0.477. The van der Waals surface area contributed by atoms with Crippen molar-refractivity contribution in [1.82, 2.24) is 4.90 Å². The Hall–Kier alpha value is -3.58. The number of likely N-dealkylation sites (tertiary alicyclic amines) is 1. The van der Waals surface area contributed by atoms with Gasteiger partial charge in [0.15, 0.2) is 11.5 Å².